The zero-order chi connectivity index (χ0) is 15.8. The molecule has 0 radical (unpaired) electrons. The second-order valence-corrected chi connectivity index (χ2v) is 7.62. The topological polar surface area (TPSA) is 61.0 Å². The average Bonchev–Trinajstić information content (AvgIpc) is 2.41. The van der Waals surface area contributed by atoms with Crippen LogP contribution in [0, 0.1) is 3.57 Å². The van der Waals surface area contributed by atoms with Gasteiger partial charge in [-0.1, -0.05) is 36.7 Å². The molecule has 0 amide bonds. The Kier molecular flexibility index (Phi) is 4.77. The summed E-state index contributed by atoms with van der Waals surface area (Å²) in [7, 11) is 1.64. The Hall–Kier alpha value is -0.890. The van der Waals surface area contributed by atoms with Gasteiger partial charge in [-0.25, -0.2) is 9.97 Å². The number of aromatic nitrogens is 2. The minimum absolute atomic E-state index is 0.103. The van der Waals surface area contributed by atoms with Crippen LogP contribution < -0.4 is 10.5 Å². The maximum Gasteiger partial charge on any atom is 0.163 e. The van der Waals surface area contributed by atoms with E-state index in [9.17, 15) is 0 Å². The molecule has 0 spiro atoms. The van der Waals surface area contributed by atoms with Crippen LogP contribution in [0.15, 0.2) is 22.7 Å². The van der Waals surface area contributed by atoms with Crippen LogP contribution in [-0.4, -0.2) is 17.1 Å². The first-order valence-electron chi connectivity index (χ1n) is 6.41. The Labute approximate surface area is 146 Å². The number of rotatable bonds is 2. The number of benzene rings is 1. The summed E-state index contributed by atoms with van der Waals surface area (Å²) < 4.78 is 7.09. The molecule has 0 saturated heterocycles. The van der Waals surface area contributed by atoms with Gasteiger partial charge in [0.25, 0.3) is 0 Å². The number of methoxy groups -OCH3 is 1. The summed E-state index contributed by atoms with van der Waals surface area (Å²) in [6, 6.07) is 5.70. The third kappa shape index (κ3) is 3.48. The Bertz CT molecular complexity index is 683. The number of hydrogen-bond donors (Lipinski definition) is 1. The molecular weight excluding hydrogens is 445 g/mol. The van der Waals surface area contributed by atoms with Crippen LogP contribution in [0.4, 0.5) is 5.82 Å². The van der Waals surface area contributed by atoms with Crippen LogP contribution in [0.1, 0.15) is 26.5 Å². The predicted molar refractivity (Wildman–Crippen MR) is 97.5 cm³/mol. The lowest BCUT2D eigenvalue weighted by molar-refractivity contribution is 0.415. The largest absolute Gasteiger partial charge is 0.497 e. The van der Waals surface area contributed by atoms with Gasteiger partial charge in [0.2, 0.25) is 0 Å². The molecule has 6 heteroatoms. The van der Waals surface area contributed by atoms with E-state index in [0.717, 1.165) is 25.0 Å². The fourth-order valence-electron chi connectivity index (χ4n) is 1.88. The smallest absolute Gasteiger partial charge is 0.163 e. The molecular formula is C15H17BrIN3O. The summed E-state index contributed by atoms with van der Waals surface area (Å²) in [4.78, 5) is 9.15. The van der Waals surface area contributed by atoms with E-state index in [1.54, 1.807) is 7.11 Å². The number of ether oxygens (including phenoxy) is 1. The molecule has 2 aromatic rings. The lowest BCUT2D eigenvalue weighted by Crippen LogP contribution is -2.18. The Morgan fingerprint density at radius 3 is 2.48 bits per heavy atom. The summed E-state index contributed by atoms with van der Waals surface area (Å²) >= 11 is 5.74. The predicted octanol–water partition coefficient (Wildman–Crippen LogP) is 4.40. The van der Waals surface area contributed by atoms with Crippen LogP contribution >= 0.6 is 38.5 Å². The van der Waals surface area contributed by atoms with Crippen LogP contribution in [0.2, 0.25) is 0 Å². The number of hydrogen-bond acceptors (Lipinski definition) is 4. The molecule has 1 heterocycles. The SMILES string of the molecule is COc1ccc(Br)c(-c2nc(N)c(I)c(C(C)(C)C)n2)c1. The summed E-state index contributed by atoms with van der Waals surface area (Å²) in [5.74, 6) is 1.86. The first kappa shape index (κ1) is 16.5. The highest BCUT2D eigenvalue weighted by Gasteiger charge is 2.23. The van der Waals surface area contributed by atoms with E-state index in [1.807, 2.05) is 18.2 Å². The molecule has 0 fully saturated rings. The first-order valence-corrected chi connectivity index (χ1v) is 8.28. The molecule has 2 rings (SSSR count). The van der Waals surface area contributed by atoms with Crippen LogP contribution in [0.25, 0.3) is 11.4 Å². The second kappa shape index (κ2) is 6.08. The van der Waals surface area contributed by atoms with Gasteiger partial charge >= 0.3 is 0 Å². The molecule has 112 valence electrons. The number of nitrogen functional groups attached to an aromatic ring is 1. The van der Waals surface area contributed by atoms with Gasteiger partial charge in [-0.05, 0) is 40.8 Å². The van der Waals surface area contributed by atoms with E-state index >= 15 is 0 Å². The van der Waals surface area contributed by atoms with Crippen molar-refractivity contribution < 1.29 is 4.74 Å². The normalized spacial score (nSPS) is 11.5. The van der Waals surface area contributed by atoms with Gasteiger partial charge in [0.05, 0.1) is 16.4 Å². The van der Waals surface area contributed by atoms with Crippen LogP contribution in [0.3, 0.4) is 0 Å². The highest BCUT2D eigenvalue weighted by Crippen LogP contribution is 2.34. The van der Waals surface area contributed by atoms with Crippen molar-refractivity contribution in [3.63, 3.8) is 0 Å². The molecule has 0 aliphatic rings. The molecule has 2 N–H and O–H groups in total. The van der Waals surface area contributed by atoms with E-state index in [0.29, 0.717) is 11.6 Å². The molecule has 0 atom stereocenters. The highest BCUT2D eigenvalue weighted by atomic mass is 127. The van der Waals surface area contributed by atoms with Gasteiger partial charge in [0.1, 0.15) is 11.6 Å². The third-order valence-electron chi connectivity index (χ3n) is 3.00. The molecule has 0 bridgehead atoms. The molecule has 0 aliphatic carbocycles. The molecule has 4 nitrogen and oxygen atoms in total. The van der Waals surface area contributed by atoms with E-state index in [4.69, 9.17) is 15.5 Å². The minimum atomic E-state index is -0.103. The van der Waals surface area contributed by atoms with E-state index in [1.165, 1.54) is 0 Å². The molecule has 1 aromatic carbocycles. The number of anilines is 1. The summed E-state index contributed by atoms with van der Waals surface area (Å²) in [6.45, 7) is 6.34. The van der Waals surface area contributed by atoms with Gasteiger partial charge < -0.3 is 10.5 Å². The zero-order valence-electron chi connectivity index (χ0n) is 12.4. The van der Waals surface area contributed by atoms with Gasteiger partial charge in [-0.3, -0.25) is 0 Å². The zero-order valence-corrected chi connectivity index (χ0v) is 16.1. The van der Waals surface area contributed by atoms with Crippen molar-refractivity contribution >= 4 is 44.3 Å². The molecule has 21 heavy (non-hydrogen) atoms. The Morgan fingerprint density at radius 1 is 1.24 bits per heavy atom. The van der Waals surface area contributed by atoms with E-state index < -0.39 is 0 Å². The van der Waals surface area contributed by atoms with Crippen LogP contribution in [-0.2, 0) is 5.41 Å². The Balaban J connectivity index is 2.68. The second-order valence-electron chi connectivity index (χ2n) is 5.69. The highest BCUT2D eigenvalue weighted by molar-refractivity contribution is 14.1. The van der Waals surface area contributed by atoms with Gasteiger partial charge in [0.15, 0.2) is 5.82 Å². The van der Waals surface area contributed by atoms with Gasteiger partial charge in [0, 0.05) is 15.5 Å². The van der Waals surface area contributed by atoms with Gasteiger partial charge in [-0.15, -0.1) is 0 Å². The lowest BCUT2D eigenvalue weighted by atomic mass is 9.92. The van der Waals surface area contributed by atoms with Crippen molar-refractivity contribution in [2.24, 2.45) is 0 Å². The van der Waals surface area contributed by atoms with Crippen molar-refractivity contribution in [2.75, 3.05) is 12.8 Å². The maximum atomic E-state index is 6.07. The standard InChI is InChI=1S/C15H17BrIN3O/c1-15(2,3)12-11(17)13(18)20-14(19-12)9-7-8(21-4)5-6-10(9)16/h5-7H,1-4H3,(H2,18,19,20). The summed E-state index contributed by atoms with van der Waals surface area (Å²) in [5, 5.41) is 0. The number of halogens is 2. The summed E-state index contributed by atoms with van der Waals surface area (Å²) in [5.41, 5.74) is 7.78. The van der Waals surface area contributed by atoms with Crippen molar-refractivity contribution in [2.45, 2.75) is 26.2 Å². The van der Waals surface area contributed by atoms with Crippen molar-refractivity contribution in [3.8, 4) is 17.1 Å². The lowest BCUT2D eigenvalue weighted by Gasteiger charge is -2.21. The summed E-state index contributed by atoms with van der Waals surface area (Å²) in [6.07, 6.45) is 0. The molecule has 0 saturated carbocycles. The van der Waals surface area contributed by atoms with E-state index in [2.05, 4.69) is 64.3 Å². The van der Waals surface area contributed by atoms with Gasteiger partial charge in [-0.2, -0.15) is 0 Å². The third-order valence-corrected chi connectivity index (χ3v) is 4.76. The monoisotopic (exact) mass is 461 g/mol. The number of nitrogens with two attached hydrogens (primary N) is 1. The minimum Gasteiger partial charge on any atom is -0.497 e. The van der Waals surface area contributed by atoms with Crippen molar-refractivity contribution in [3.05, 3.63) is 31.9 Å². The Morgan fingerprint density at radius 2 is 1.90 bits per heavy atom. The number of nitrogens with zero attached hydrogens (tertiary/aromatic N) is 2. The van der Waals surface area contributed by atoms with Crippen molar-refractivity contribution in [1.82, 2.24) is 9.97 Å². The maximum absolute atomic E-state index is 6.07. The first-order chi connectivity index (χ1) is 9.74. The average molecular weight is 462 g/mol. The molecule has 0 unspecified atom stereocenters. The molecule has 1 aromatic heterocycles. The van der Waals surface area contributed by atoms with Crippen molar-refractivity contribution in [1.29, 1.82) is 0 Å². The van der Waals surface area contributed by atoms with Crippen LogP contribution in [0.5, 0.6) is 5.75 Å². The van der Waals surface area contributed by atoms with E-state index in [-0.39, 0.29) is 5.41 Å². The quantitative estimate of drug-likeness (QED) is 0.673. The molecule has 0 aliphatic heterocycles. The fourth-order valence-corrected chi connectivity index (χ4v) is 3.36. The fraction of sp³-hybridized carbons (Fsp3) is 0.333.